The van der Waals surface area contributed by atoms with Gasteiger partial charge in [-0.2, -0.15) is 5.10 Å². The number of fused-ring (bicyclic) bond motifs is 1. The molecule has 3 rings (SSSR count). The van der Waals surface area contributed by atoms with Gasteiger partial charge in [0.1, 0.15) is 5.52 Å². The number of aryl methyl sites for hydroxylation is 1. The maximum absolute atomic E-state index is 11.1. The second-order valence-corrected chi connectivity index (χ2v) is 4.30. The van der Waals surface area contributed by atoms with Crippen LogP contribution < -0.4 is 0 Å². The van der Waals surface area contributed by atoms with Crippen molar-refractivity contribution in [3.8, 4) is 0 Å². The zero-order valence-corrected chi connectivity index (χ0v) is 10.3. The maximum Gasteiger partial charge on any atom is 0.337 e. The van der Waals surface area contributed by atoms with Crippen LogP contribution in [0.5, 0.6) is 0 Å². The molecule has 6 nitrogen and oxygen atoms in total. The lowest BCUT2D eigenvalue weighted by Crippen LogP contribution is -2.04. The molecule has 0 aliphatic heterocycles. The molecule has 2 heterocycles. The van der Waals surface area contributed by atoms with Crippen molar-refractivity contribution < 1.29 is 9.90 Å². The van der Waals surface area contributed by atoms with Crippen LogP contribution in [0.1, 0.15) is 16.1 Å². The van der Waals surface area contributed by atoms with Crippen LogP contribution in [0.4, 0.5) is 0 Å². The van der Waals surface area contributed by atoms with E-state index in [2.05, 4.69) is 10.1 Å². The van der Waals surface area contributed by atoms with E-state index in [1.165, 1.54) is 0 Å². The Kier molecular flexibility index (Phi) is 2.56. The SMILES string of the molecule is Cn1nccc1Cn1cnc2c(C(=O)O)cccc21. The van der Waals surface area contributed by atoms with E-state index in [-0.39, 0.29) is 5.56 Å². The highest BCUT2D eigenvalue weighted by Crippen LogP contribution is 2.18. The fourth-order valence-corrected chi connectivity index (χ4v) is 2.12. The molecule has 6 heteroatoms. The minimum Gasteiger partial charge on any atom is -0.478 e. The summed E-state index contributed by atoms with van der Waals surface area (Å²) < 4.78 is 3.70. The van der Waals surface area contributed by atoms with Crippen LogP contribution in [0.3, 0.4) is 0 Å². The van der Waals surface area contributed by atoms with Crippen LogP contribution in [-0.4, -0.2) is 30.4 Å². The Morgan fingerprint density at radius 3 is 2.89 bits per heavy atom. The number of nitrogens with zero attached hydrogens (tertiary/aromatic N) is 4. The van der Waals surface area contributed by atoms with Crippen LogP contribution in [0.2, 0.25) is 0 Å². The number of carbonyl (C=O) groups is 1. The van der Waals surface area contributed by atoms with E-state index in [1.54, 1.807) is 29.3 Å². The van der Waals surface area contributed by atoms with Gasteiger partial charge in [-0.1, -0.05) is 6.07 Å². The average molecular weight is 256 g/mol. The highest BCUT2D eigenvalue weighted by atomic mass is 16.4. The number of aromatic carboxylic acids is 1. The molecular weight excluding hydrogens is 244 g/mol. The lowest BCUT2D eigenvalue weighted by Gasteiger charge is -2.05. The minimum absolute atomic E-state index is 0.223. The molecule has 0 fully saturated rings. The van der Waals surface area contributed by atoms with E-state index < -0.39 is 5.97 Å². The summed E-state index contributed by atoms with van der Waals surface area (Å²) in [5.41, 5.74) is 2.57. The first-order valence-electron chi connectivity index (χ1n) is 5.81. The van der Waals surface area contributed by atoms with Crippen molar-refractivity contribution in [2.24, 2.45) is 7.05 Å². The normalized spacial score (nSPS) is 11.0. The molecule has 3 aromatic rings. The predicted molar refractivity (Wildman–Crippen MR) is 69.0 cm³/mol. The first-order chi connectivity index (χ1) is 9.16. The van der Waals surface area contributed by atoms with Crippen LogP contribution in [0.25, 0.3) is 11.0 Å². The number of para-hydroxylation sites is 1. The van der Waals surface area contributed by atoms with Crippen molar-refractivity contribution in [2.75, 3.05) is 0 Å². The summed E-state index contributed by atoms with van der Waals surface area (Å²) in [5.74, 6) is -0.962. The molecule has 1 N–H and O–H groups in total. The van der Waals surface area contributed by atoms with Crippen LogP contribution >= 0.6 is 0 Å². The number of carboxylic acids is 1. The second-order valence-electron chi connectivity index (χ2n) is 4.30. The van der Waals surface area contributed by atoms with E-state index in [9.17, 15) is 4.79 Å². The molecule has 0 atom stereocenters. The van der Waals surface area contributed by atoms with Crippen molar-refractivity contribution in [3.63, 3.8) is 0 Å². The Balaban J connectivity index is 2.09. The van der Waals surface area contributed by atoms with Gasteiger partial charge in [0.25, 0.3) is 0 Å². The van der Waals surface area contributed by atoms with Crippen molar-refractivity contribution in [1.82, 2.24) is 19.3 Å². The van der Waals surface area contributed by atoms with Gasteiger partial charge in [-0.25, -0.2) is 9.78 Å². The molecule has 0 unspecified atom stereocenters. The monoisotopic (exact) mass is 256 g/mol. The molecule has 0 bridgehead atoms. The second kappa shape index (κ2) is 4.24. The zero-order valence-electron chi connectivity index (χ0n) is 10.3. The number of imidazole rings is 1. The molecule has 1 aromatic carbocycles. The molecule has 0 radical (unpaired) electrons. The number of rotatable bonds is 3. The molecule has 0 aliphatic carbocycles. The molecule has 0 saturated heterocycles. The van der Waals surface area contributed by atoms with Gasteiger partial charge in [0.15, 0.2) is 0 Å². The summed E-state index contributed by atoms with van der Waals surface area (Å²) in [4.78, 5) is 15.3. The Morgan fingerprint density at radius 1 is 1.37 bits per heavy atom. The van der Waals surface area contributed by atoms with Crippen molar-refractivity contribution in [3.05, 3.63) is 48.0 Å². The molecular formula is C13H12N4O2. The number of hydrogen-bond acceptors (Lipinski definition) is 3. The van der Waals surface area contributed by atoms with E-state index in [0.29, 0.717) is 12.1 Å². The Bertz CT molecular complexity index is 757. The summed E-state index contributed by atoms with van der Waals surface area (Å²) >= 11 is 0. The fraction of sp³-hybridized carbons (Fsp3) is 0.154. The smallest absolute Gasteiger partial charge is 0.337 e. The zero-order chi connectivity index (χ0) is 13.4. The topological polar surface area (TPSA) is 72.9 Å². The molecule has 0 aliphatic rings. The summed E-state index contributed by atoms with van der Waals surface area (Å²) in [6, 6.07) is 7.08. The summed E-state index contributed by atoms with van der Waals surface area (Å²) in [6.45, 7) is 0.607. The number of hydrogen-bond donors (Lipinski definition) is 1. The molecule has 96 valence electrons. The number of aromatic nitrogens is 4. The molecule has 2 aromatic heterocycles. The summed E-state index contributed by atoms with van der Waals surface area (Å²) in [7, 11) is 1.87. The Morgan fingerprint density at radius 2 is 2.21 bits per heavy atom. The van der Waals surface area contributed by atoms with Gasteiger partial charge < -0.3 is 9.67 Å². The molecule has 19 heavy (non-hydrogen) atoms. The van der Waals surface area contributed by atoms with Crippen molar-refractivity contribution in [2.45, 2.75) is 6.54 Å². The fourth-order valence-electron chi connectivity index (χ4n) is 2.12. The standard InChI is InChI=1S/C13H12N4O2/c1-16-9(5-6-15-16)7-17-8-14-12-10(13(18)19)3-2-4-11(12)17/h2-6,8H,7H2,1H3,(H,18,19). The number of carboxylic acid groups (broad SMARTS) is 1. The minimum atomic E-state index is -0.962. The van der Waals surface area contributed by atoms with Crippen LogP contribution in [-0.2, 0) is 13.6 Å². The summed E-state index contributed by atoms with van der Waals surface area (Å²) in [5, 5.41) is 13.2. The third-order valence-electron chi connectivity index (χ3n) is 3.14. The van der Waals surface area contributed by atoms with Gasteiger partial charge in [-0.3, -0.25) is 4.68 Å². The first kappa shape index (κ1) is 11.5. The highest BCUT2D eigenvalue weighted by molar-refractivity contribution is 6.00. The van der Waals surface area contributed by atoms with Crippen molar-refractivity contribution >= 4 is 17.0 Å². The Labute approximate surface area is 108 Å². The highest BCUT2D eigenvalue weighted by Gasteiger charge is 2.12. The largest absolute Gasteiger partial charge is 0.478 e. The van der Waals surface area contributed by atoms with E-state index in [0.717, 1.165) is 11.2 Å². The Hall–Kier alpha value is -2.63. The van der Waals surface area contributed by atoms with Crippen molar-refractivity contribution in [1.29, 1.82) is 0 Å². The summed E-state index contributed by atoms with van der Waals surface area (Å²) in [6.07, 6.45) is 3.39. The number of benzene rings is 1. The lowest BCUT2D eigenvalue weighted by atomic mass is 10.2. The van der Waals surface area contributed by atoms with Gasteiger partial charge in [-0.05, 0) is 18.2 Å². The van der Waals surface area contributed by atoms with Gasteiger partial charge in [0.05, 0.1) is 29.6 Å². The van der Waals surface area contributed by atoms with E-state index in [1.807, 2.05) is 23.7 Å². The lowest BCUT2D eigenvalue weighted by molar-refractivity contribution is 0.0699. The van der Waals surface area contributed by atoms with Gasteiger partial charge >= 0.3 is 5.97 Å². The predicted octanol–water partition coefficient (Wildman–Crippen LogP) is 1.52. The quantitative estimate of drug-likeness (QED) is 0.771. The molecule has 0 amide bonds. The van der Waals surface area contributed by atoms with Crippen LogP contribution in [0, 0.1) is 0 Å². The molecule has 0 spiro atoms. The average Bonchev–Trinajstić information content (AvgIpc) is 2.97. The van der Waals surface area contributed by atoms with E-state index >= 15 is 0 Å². The van der Waals surface area contributed by atoms with Crippen LogP contribution in [0.15, 0.2) is 36.8 Å². The third kappa shape index (κ3) is 1.87. The molecule has 0 saturated carbocycles. The van der Waals surface area contributed by atoms with Gasteiger partial charge in [0, 0.05) is 13.2 Å². The van der Waals surface area contributed by atoms with E-state index in [4.69, 9.17) is 5.11 Å². The maximum atomic E-state index is 11.1. The van der Waals surface area contributed by atoms with Gasteiger partial charge in [-0.15, -0.1) is 0 Å². The van der Waals surface area contributed by atoms with Gasteiger partial charge in [0.2, 0.25) is 0 Å². The first-order valence-corrected chi connectivity index (χ1v) is 5.81. The third-order valence-corrected chi connectivity index (χ3v) is 3.14.